The van der Waals surface area contributed by atoms with Gasteiger partial charge in [0.1, 0.15) is 6.04 Å². The highest BCUT2D eigenvalue weighted by Crippen LogP contribution is 2.25. The first kappa shape index (κ1) is 24.7. The fourth-order valence-electron chi connectivity index (χ4n) is 3.82. The Balaban J connectivity index is 1.56. The molecule has 1 unspecified atom stereocenters. The van der Waals surface area contributed by atoms with Crippen LogP contribution in [0.1, 0.15) is 22.0 Å². The number of nitrogens with zero attached hydrogens (tertiary/aromatic N) is 3. The minimum Gasteiger partial charge on any atom is -0.468 e. The zero-order valence-electron chi connectivity index (χ0n) is 19.1. The average molecular weight is 473 g/mol. The van der Waals surface area contributed by atoms with Crippen LogP contribution in [-0.2, 0) is 14.3 Å². The van der Waals surface area contributed by atoms with Crippen molar-refractivity contribution in [2.24, 2.45) is 0 Å². The molecule has 2 aromatic rings. The molecule has 0 aliphatic carbocycles. The topological polar surface area (TPSA) is 82.2 Å². The van der Waals surface area contributed by atoms with E-state index in [1.165, 1.54) is 12.0 Å². The number of amides is 2. The largest absolute Gasteiger partial charge is 0.468 e. The zero-order valence-corrected chi connectivity index (χ0v) is 19.8. The Morgan fingerprint density at radius 3 is 2.33 bits per heavy atom. The number of rotatable bonds is 7. The Morgan fingerprint density at radius 1 is 1.06 bits per heavy atom. The number of esters is 1. The van der Waals surface area contributed by atoms with Crippen LogP contribution >= 0.6 is 11.6 Å². The molecule has 3 rings (SSSR count). The van der Waals surface area contributed by atoms with Crippen LogP contribution in [0.3, 0.4) is 0 Å². The van der Waals surface area contributed by atoms with Crippen molar-refractivity contribution in [3.8, 4) is 0 Å². The lowest BCUT2D eigenvalue weighted by Crippen LogP contribution is -2.51. The summed E-state index contributed by atoms with van der Waals surface area (Å²) in [6, 6.07) is 13.6. The maximum Gasteiger partial charge on any atom is 0.327 e. The van der Waals surface area contributed by atoms with Gasteiger partial charge in [-0.25, -0.2) is 4.79 Å². The Kier molecular flexibility index (Phi) is 8.43. The van der Waals surface area contributed by atoms with Gasteiger partial charge in [-0.1, -0.05) is 29.8 Å². The third kappa shape index (κ3) is 6.54. The van der Waals surface area contributed by atoms with Crippen molar-refractivity contribution >= 4 is 35.1 Å². The molecule has 0 spiro atoms. The molecular weight excluding hydrogens is 444 g/mol. The Morgan fingerprint density at radius 2 is 1.73 bits per heavy atom. The molecule has 33 heavy (non-hydrogen) atoms. The molecular formula is C24H29ClN4O4. The second kappa shape index (κ2) is 11.3. The number of ether oxygens (including phenoxy) is 1. The normalized spacial score (nSPS) is 15.5. The summed E-state index contributed by atoms with van der Waals surface area (Å²) in [5, 5.41) is 3.47. The summed E-state index contributed by atoms with van der Waals surface area (Å²) in [6.45, 7) is 2.72. The second-order valence-corrected chi connectivity index (χ2v) is 8.55. The number of methoxy groups -OCH3 is 1. The van der Waals surface area contributed by atoms with Gasteiger partial charge in [0.15, 0.2) is 0 Å². The van der Waals surface area contributed by atoms with Gasteiger partial charge in [0, 0.05) is 56.5 Å². The van der Waals surface area contributed by atoms with E-state index in [2.05, 4.69) is 10.2 Å². The molecule has 8 nitrogen and oxygen atoms in total. The summed E-state index contributed by atoms with van der Waals surface area (Å²) in [5.74, 6) is -0.598. The van der Waals surface area contributed by atoms with Gasteiger partial charge in [0.2, 0.25) is 5.91 Å². The third-order valence-corrected chi connectivity index (χ3v) is 5.80. The minimum atomic E-state index is -0.514. The van der Waals surface area contributed by atoms with Crippen LogP contribution in [0.2, 0.25) is 5.02 Å². The Hall–Kier alpha value is -2.94. The standard InChI is InChI=1S/C24H29ClN4O4/c1-27(2)23(31)18-5-4-6-20(15-18)26-21(30)16-28-11-13-29(14-12-28)22(24(32)33-3)17-7-9-19(25)10-8-17/h4-10,15,22H,11-14,16H2,1-3H3,(H,26,30). The quantitative estimate of drug-likeness (QED) is 0.623. The summed E-state index contributed by atoms with van der Waals surface area (Å²) in [5.41, 5.74) is 1.92. The molecule has 9 heteroatoms. The van der Waals surface area contributed by atoms with Crippen LogP contribution in [0.5, 0.6) is 0 Å². The maximum absolute atomic E-state index is 12.6. The van der Waals surface area contributed by atoms with E-state index in [0.717, 1.165) is 5.56 Å². The predicted octanol–water partition coefficient (Wildman–Crippen LogP) is 2.51. The molecule has 0 bridgehead atoms. The highest BCUT2D eigenvalue weighted by molar-refractivity contribution is 6.30. The lowest BCUT2D eigenvalue weighted by Gasteiger charge is -2.38. The fraction of sp³-hybridized carbons (Fsp3) is 0.375. The maximum atomic E-state index is 12.6. The number of carbonyl (C=O) groups is 3. The number of halogens is 1. The van der Waals surface area contributed by atoms with Gasteiger partial charge in [-0.05, 0) is 35.9 Å². The number of benzene rings is 2. The van der Waals surface area contributed by atoms with E-state index in [-0.39, 0.29) is 24.3 Å². The first-order chi connectivity index (χ1) is 15.8. The van der Waals surface area contributed by atoms with Gasteiger partial charge in [-0.3, -0.25) is 19.4 Å². The van der Waals surface area contributed by atoms with Crippen LogP contribution in [0.4, 0.5) is 5.69 Å². The number of hydrogen-bond acceptors (Lipinski definition) is 6. The van der Waals surface area contributed by atoms with Gasteiger partial charge in [-0.15, -0.1) is 0 Å². The molecule has 0 aromatic heterocycles. The first-order valence-corrected chi connectivity index (χ1v) is 11.1. The minimum absolute atomic E-state index is 0.122. The smallest absolute Gasteiger partial charge is 0.327 e. The van der Waals surface area contributed by atoms with Crippen molar-refractivity contribution < 1.29 is 19.1 Å². The van der Waals surface area contributed by atoms with Crippen LogP contribution in [0.15, 0.2) is 48.5 Å². The fourth-order valence-corrected chi connectivity index (χ4v) is 3.95. The molecule has 1 saturated heterocycles. The van der Waals surface area contributed by atoms with Crippen molar-refractivity contribution in [3.05, 3.63) is 64.7 Å². The van der Waals surface area contributed by atoms with E-state index in [0.29, 0.717) is 42.5 Å². The van der Waals surface area contributed by atoms with Crippen molar-refractivity contribution in [2.45, 2.75) is 6.04 Å². The second-order valence-electron chi connectivity index (χ2n) is 8.12. The van der Waals surface area contributed by atoms with Crippen LogP contribution in [0, 0.1) is 0 Å². The van der Waals surface area contributed by atoms with E-state index in [1.807, 2.05) is 17.0 Å². The Bertz CT molecular complexity index is 988. The van der Waals surface area contributed by atoms with Crippen molar-refractivity contribution in [1.82, 2.24) is 14.7 Å². The summed E-state index contributed by atoms with van der Waals surface area (Å²) >= 11 is 5.99. The van der Waals surface area contributed by atoms with Crippen molar-refractivity contribution in [2.75, 3.05) is 59.2 Å². The highest BCUT2D eigenvalue weighted by atomic mass is 35.5. The molecule has 1 aliphatic rings. The van der Waals surface area contributed by atoms with E-state index in [9.17, 15) is 14.4 Å². The number of nitrogens with one attached hydrogen (secondary N) is 1. The van der Waals surface area contributed by atoms with E-state index in [4.69, 9.17) is 16.3 Å². The van der Waals surface area contributed by atoms with Crippen molar-refractivity contribution in [3.63, 3.8) is 0 Å². The Labute approximate surface area is 199 Å². The van der Waals surface area contributed by atoms with Gasteiger partial charge in [0.05, 0.1) is 13.7 Å². The lowest BCUT2D eigenvalue weighted by atomic mass is 10.0. The summed E-state index contributed by atoms with van der Waals surface area (Å²) in [4.78, 5) is 42.8. The summed E-state index contributed by atoms with van der Waals surface area (Å²) < 4.78 is 5.03. The zero-order chi connectivity index (χ0) is 24.0. The molecule has 1 fully saturated rings. The van der Waals surface area contributed by atoms with Gasteiger partial charge < -0.3 is 15.0 Å². The average Bonchev–Trinajstić information content (AvgIpc) is 2.81. The lowest BCUT2D eigenvalue weighted by molar-refractivity contribution is -0.148. The van der Waals surface area contributed by atoms with Gasteiger partial charge in [0.25, 0.3) is 5.91 Å². The molecule has 1 heterocycles. The number of hydrogen-bond donors (Lipinski definition) is 1. The van der Waals surface area contributed by atoms with E-state index >= 15 is 0 Å². The van der Waals surface area contributed by atoms with Gasteiger partial charge >= 0.3 is 5.97 Å². The van der Waals surface area contributed by atoms with Crippen molar-refractivity contribution in [1.29, 1.82) is 0 Å². The third-order valence-electron chi connectivity index (χ3n) is 5.55. The number of carbonyl (C=O) groups excluding carboxylic acids is 3. The summed E-state index contributed by atoms with van der Waals surface area (Å²) in [6.07, 6.45) is 0. The monoisotopic (exact) mass is 472 g/mol. The molecule has 1 atom stereocenters. The van der Waals surface area contributed by atoms with E-state index in [1.54, 1.807) is 50.5 Å². The molecule has 1 aliphatic heterocycles. The van der Waals surface area contributed by atoms with Gasteiger partial charge in [-0.2, -0.15) is 0 Å². The molecule has 176 valence electrons. The van der Waals surface area contributed by atoms with E-state index < -0.39 is 6.04 Å². The SMILES string of the molecule is COC(=O)C(c1ccc(Cl)cc1)N1CCN(CC(=O)Nc2cccc(C(=O)N(C)C)c2)CC1. The van der Waals surface area contributed by atoms with Crippen LogP contribution in [-0.4, -0.2) is 86.4 Å². The highest BCUT2D eigenvalue weighted by Gasteiger charge is 2.31. The van der Waals surface area contributed by atoms with Crippen LogP contribution in [0.25, 0.3) is 0 Å². The molecule has 0 saturated carbocycles. The first-order valence-electron chi connectivity index (χ1n) is 10.7. The molecule has 0 radical (unpaired) electrons. The summed E-state index contributed by atoms with van der Waals surface area (Å²) in [7, 11) is 4.75. The predicted molar refractivity (Wildman–Crippen MR) is 127 cm³/mol. The number of anilines is 1. The van der Waals surface area contributed by atoms with Crippen LogP contribution < -0.4 is 5.32 Å². The molecule has 2 amide bonds. The molecule has 2 aromatic carbocycles. The number of piperazine rings is 1. The molecule has 1 N–H and O–H groups in total.